The number of rotatable bonds is 6. The third-order valence-corrected chi connectivity index (χ3v) is 9.74. The molecule has 0 bridgehead atoms. The van der Waals surface area contributed by atoms with Crippen molar-refractivity contribution in [1.82, 2.24) is 15.3 Å². The second-order valence-electron chi connectivity index (χ2n) is 8.89. The van der Waals surface area contributed by atoms with Crippen molar-refractivity contribution in [3.63, 3.8) is 0 Å². The van der Waals surface area contributed by atoms with Gasteiger partial charge in [0.1, 0.15) is 0 Å². The van der Waals surface area contributed by atoms with Crippen LogP contribution in [0.3, 0.4) is 0 Å². The molecular weight excluding hydrogens is 497 g/mol. The molecule has 1 aliphatic carbocycles. The Morgan fingerprint density at radius 2 is 1.85 bits per heavy atom. The Morgan fingerprint density at radius 1 is 1.09 bits per heavy atom. The Bertz CT molecular complexity index is 1130. The molecule has 1 aromatic heterocycles. The molecule has 33 heavy (non-hydrogen) atoms. The Labute approximate surface area is 207 Å². The van der Waals surface area contributed by atoms with Crippen LogP contribution in [0.5, 0.6) is 0 Å². The van der Waals surface area contributed by atoms with Gasteiger partial charge in [0.15, 0.2) is 0 Å². The molecule has 1 fully saturated rings. The Morgan fingerprint density at radius 3 is 2.61 bits per heavy atom. The standard InChI is InChI=1S/C25H31AsClN5O/c1-16-20(27)8-6-10-21(16)30-25(33)28-15-17-11-13-18(14-12-17)26-24-29-22-9-5-4-7-19(22)23(31-24)32(2)3/h4-10,17-18,26H,11-15H2,1-3H3,(H2,28,30,33). The van der Waals surface area contributed by atoms with Gasteiger partial charge in [-0.3, -0.25) is 0 Å². The van der Waals surface area contributed by atoms with E-state index in [0.717, 1.165) is 45.4 Å². The number of amides is 2. The summed E-state index contributed by atoms with van der Waals surface area (Å²) in [7, 11) is 4.08. The van der Waals surface area contributed by atoms with E-state index in [1.165, 1.54) is 12.8 Å². The Balaban J connectivity index is 1.28. The first kappa shape index (κ1) is 23.8. The zero-order valence-corrected chi connectivity index (χ0v) is 22.2. The number of aromatic nitrogens is 2. The topological polar surface area (TPSA) is 70.2 Å². The minimum absolute atomic E-state index is 0.170. The minimum atomic E-state index is -0.414. The van der Waals surface area contributed by atoms with Crippen LogP contribution in [0.15, 0.2) is 42.5 Å². The summed E-state index contributed by atoms with van der Waals surface area (Å²) in [5, 5.41) is 7.72. The molecule has 3 aromatic rings. The molecule has 0 saturated heterocycles. The van der Waals surface area contributed by atoms with Crippen LogP contribution in [0.1, 0.15) is 31.2 Å². The fourth-order valence-electron chi connectivity index (χ4n) is 4.31. The number of urea groups is 1. The number of benzene rings is 2. The second-order valence-corrected chi connectivity index (χ2v) is 12.6. The van der Waals surface area contributed by atoms with E-state index in [1.807, 2.05) is 51.4 Å². The summed E-state index contributed by atoms with van der Waals surface area (Å²) >= 11 is 5.73. The van der Waals surface area contributed by atoms with Gasteiger partial charge in [0, 0.05) is 0 Å². The van der Waals surface area contributed by atoms with Crippen LogP contribution in [-0.2, 0) is 0 Å². The van der Waals surface area contributed by atoms with Gasteiger partial charge in [-0.1, -0.05) is 0 Å². The van der Waals surface area contributed by atoms with E-state index in [4.69, 9.17) is 21.6 Å². The number of hydrogen-bond donors (Lipinski definition) is 2. The predicted molar refractivity (Wildman–Crippen MR) is 140 cm³/mol. The molecule has 0 spiro atoms. The van der Waals surface area contributed by atoms with Crippen molar-refractivity contribution in [2.75, 3.05) is 30.9 Å². The molecule has 2 N–H and O–H groups in total. The average Bonchev–Trinajstić information content (AvgIpc) is 2.81. The maximum atomic E-state index is 12.3. The molecule has 1 heterocycles. The molecule has 1 aliphatic rings. The van der Waals surface area contributed by atoms with Crippen molar-refractivity contribution < 1.29 is 4.79 Å². The van der Waals surface area contributed by atoms with E-state index in [2.05, 4.69) is 27.7 Å². The Kier molecular flexibility index (Phi) is 7.77. The van der Waals surface area contributed by atoms with E-state index in [9.17, 15) is 4.79 Å². The fourth-order valence-corrected chi connectivity index (χ4v) is 7.30. The molecular formula is C25H31AsClN5O. The zero-order chi connectivity index (χ0) is 23.4. The maximum absolute atomic E-state index is 12.3. The van der Waals surface area contributed by atoms with Gasteiger partial charge in [0.25, 0.3) is 0 Å². The number of halogens is 1. The van der Waals surface area contributed by atoms with Crippen molar-refractivity contribution >= 4 is 60.4 Å². The molecule has 2 aromatic carbocycles. The number of para-hydroxylation sites is 1. The van der Waals surface area contributed by atoms with Crippen LogP contribution in [0.2, 0.25) is 9.73 Å². The monoisotopic (exact) mass is 527 g/mol. The van der Waals surface area contributed by atoms with Crippen molar-refractivity contribution in [2.45, 2.75) is 37.3 Å². The molecule has 1 saturated carbocycles. The van der Waals surface area contributed by atoms with Gasteiger partial charge in [-0.15, -0.1) is 0 Å². The van der Waals surface area contributed by atoms with E-state index >= 15 is 0 Å². The summed E-state index contributed by atoms with van der Waals surface area (Å²) < 4.78 is 1.76. The summed E-state index contributed by atoms with van der Waals surface area (Å²) in [6.07, 6.45) is 4.65. The number of carbonyl (C=O) groups excluding carboxylic acids is 1. The van der Waals surface area contributed by atoms with Crippen LogP contribution in [0.4, 0.5) is 16.3 Å². The van der Waals surface area contributed by atoms with E-state index in [1.54, 1.807) is 0 Å². The van der Waals surface area contributed by atoms with Gasteiger partial charge in [0.05, 0.1) is 0 Å². The average molecular weight is 528 g/mol. The van der Waals surface area contributed by atoms with Gasteiger partial charge in [-0.05, 0) is 0 Å². The molecule has 8 heteroatoms. The summed E-state index contributed by atoms with van der Waals surface area (Å²) in [6, 6.07) is 13.6. The van der Waals surface area contributed by atoms with Crippen LogP contribution >= 0.6 is 11.6 Å². The second kappa shape index (κ2) is 10.8. The van der Waals surface area contributed by atoms with Crippen LogP contribution in [0, 0.1) is 12.8 Å². The molecule has 1 unspecified atom stereocenters. The van der Waals surface area contributed by atoms with E-state index in [0.29, 0.717) is 22.2 Å². The van der Waals surface area contributed by atoms with Crippen LogP contribution < -0.4 is 20.1 Å². The third-order valence-electron chi connectivity index (χ3n) is 6.25. The molecule has 4 rings (SSSR count). The van der Waals surface area contributed by atoms with Crippen molar-refractivity contribution in [1.29, 1.82) is 0 Å². The normalized spacial score (nSPS) is 18.5. The number of hydrogen-bond acceptors (Lipinski definition) is 4. The molecule has 174 valence electrons. The van der Waals surface area contributed by atoms with Crippen molar-refractivity contribution in [3.8, 4) is 0 Å². The van der Waals surface area contributed by atoms with Crippen LogP contribution in [-0.4, -0.2) is 52.4 Å². The van der Waals surface area contributed by atoms with E-state index in [-0.39, 0.29) is 6.03 Å². The summed E-state index contributed by atoms with van der Waals surface area (Å²) in [6.45, 7) is 2.61. The number of nitrogens with zero attached hydrogens (tertiary/aromatic N) is 3. The first-order chi connectivity index (χ1) is 15.9. The molecule has 0 radical (unpaired) electrons. The van der Waals surface area contributed by atoms with Crippen molar-refractivity contribution in [3.05, 3.63) is 53.1 Å². The summed E-state index contributed by atoms with van der Waals surface area (Å²) in [4.78, 5) is 24.2. The van der Waals surface area contributed by atoms with Gasteiger partial charge < -0.3 is 0 Å². The van der Waals surface area contributed by atoms with Crippen LogP contribution in [0.25, 0.3) is 10.9 Å². The fraction of sp³-hybridized carbons (Fsp3) is 0.400. The SMILES string of the molecule is Cc1c(Cl)cccc1NC(=O)NCC1CCC([AsH]c2nc(N(C)C)c3ccccc3n2)CC1. The predicted octanol–water partition coefficient (Wildman–Crippen LogP) is 4.52. The zero-order valence-electron chi connectivity index (χ0n) is 19.4. The molecule has 1 atom stereocenters. The molecule has 2 amide bonds. The molecule has 0 aliphatic heterocycles. The van der Waals surface area contributed by atoms with Gasteiger partial charge in [0.2, 0.25) is 0 Å². The van der Waals surface area contributed by atoms with Gasteiger partial charge in [-0.2, -0.15) is 0 Å². The first-order valence-electron chi connectivity index (χ1n) is 11.4. The van der Waals surface area contributed by atoms with Crippen molar-refractivity contribution in [2.24, 2.45) is 5.92 Å². The van der Waals surface area contributed by atoms with Gasteiger partial charge in [-0.25, -0.2) is 0 Å². The number of carbonyl (C=O) groups is 1. The summed E-state index contributed by atoms with van der Waals surface area (Å²) in [5.74, 6) is 1.53. The number of fused-ring (bicyclic) bond motifs is 1. The third kappa shape index (κ3) is 5.99. The number of nitrogens with one attached hydrogen (secondary N) is 2. The van der Waals surface area contributed by atoms with E-state index < -0.39 is 15.8 Å². The van der Waals surface area contributed by atoms with Gasteiger partial charge >= 0.3 is 208 Å². The molecule has 6 nitrogen and oxygen atoms in total. The number of anilines is 2. The summed E-state index contributed by atoms with van der Waals surface area (Å²) in [5.41, 5.74) is 2.67. The quantitative estimate of drug-likeness (QED) is 0.463. The first-order valence-corrected chi connectivity index (χ1v) is 14.0. The Hall–Kier alpha value is -2.30.